The van der Waals surface area contributed by atoms with E-state index in [0.29, 0.717) is 28.4 Å². The first kappa shape index (κ1) is 23.8. The van der Waals surface area contributed by atoms with E-state index in [1.165, 1.54) is 22.2 Å². The summed E-state index contributed by atoms with van der Waals surface area (Å²) in [5, 5.41) is 9.71. The molecule has 0 atom stereocenters. The summed E-state index contributed by atoms with van der Waals surface area (Å²) in [6.45, 7) is 6.37. The van der Waals surface area contributed by atoms with Crippen molar-refractivity contribution in [2.45, 2.75) is 38.6 Å². The highest BCUT2D eigenvalue weighted by atomic mass is 35.5. The number of nitrogens with one attached hydrogen (secondary N) is 1. The Morgan fingerprint density at radius 2 is 2.00 bits per heavy atom. The molecule has 148 valence electrons. The quantitative estimate of drug-likeness (QED) is 0.214. The van der Waals surface area contributed by atoms with Crippen molar-refractivity contribution < 1.29 is 17.8 Å². The van der Waals surface area contributed by atoms with Gasteiger partial charge in [-0.3, -0.25) is 16.1 Å². The van der Waals surface area contributed by atoms with Gasteiger partial charge >= 0.3 is 0 Å². The fourth-order valence-corrected chi connectivity index (χ4v) is 4.17. The van der Waals surface area contributed by atoms with Crippen molar-refractivity contribution in [2.24, 2.45) is 5.73 Å². The van der Waals surface area contributed by atoms with E-state index in [1.54, 1.807) is 0 Å². The molecule has 0 aliphatic heterocycles. The van der Waals surface area contributed by atoms with Crippen LogP contribution in [0.2, 0.25) is 5.02 Å². The van der Waals surface area contributed by atoms with Gasteiger partial charge in [0.15, 0.2) is 0 Å². The van der Waals surface area contributed by atoms with Crippen LogP contribution in [0.15, 0.2) is 17.2 Å². The van der Waals surface area contributed by atoms with Gasteiger partial charge in [0, 0.05) is 16.8 Å². The number of nitrogens with zero attached hydrogens (tertiary/aromatic N) is 3. The highest BCUT2D eigenvalue weighted by Gasteiger charge is 2.10. The van der Waals surface area contributed by atoms with Gasteiger partial charge in [-0.05, 0) is 56.3 Å². The van der Waals surface area contributed by atoms with Crippen LogP contribution in [-0.4, -0.2) is 31.6 Å². The Bertz CT molecular complexity index is 788. The second-order valence-electron chi connectivity index (χ2n) is 5.71. The number of rotatable bonds is 8. The predicted octanol–water partition coefficient (Wildman–Crippen LogP) is -0.644. The van der Waals surface area contributed by atoms with Crippen LogP contribution in [0.25, 0.3) is 0 Å². The molecule has 0 fully saturated rings. The molecule has 10 heteroatoms. The van der Waals surface area contributed by atoms with Crippen molar-refractivity contribution in [3.05, 3.63) is 40.1 Å². The van der Waals surface area contributed by atoms with Crippen LogP contribution >= 0.6 is 35.1 Å². The second-order valence-corrected chi connectivity index (χ2v) is 8.39. The van der Waals surface area contributed by atoms with E-state index in [4.69, 9.17) is 22.7 Å². The van der Waals surface area contributed by atoms with E-state index < -0.39 is 0 Å². The Morgan fingerprint density at radius 3 is 2.70 bits per heavy atom. The Morgan fingerprint density at radius 1 is 1.26 bits per heavy atom. The zero-order valence-corrected chi connectivity index (χ0v) is 18.7. The molecule has 0 aromatic carbocycles. The van der Waals surface area contributed by atoms with Gasteiger partial charge in [-0.15, -0.1) is 11.8 Å². The molecule has 0 spiro atoms. The number of nitrogens with two attached hydrogens (primary N) is 2. The zero-order chi connectivity index (χ0) is 19.1. The van der Waals surface area contributed by atoms with Gasteiger partial charge < -0.3 is 17.7 Å². The van der Waals surface area contributed by atoms with Crippen molar-refractivity contribution in [2.75, 3.05) is 16.8 Å². The number of anilines is 1. The summed E-state index contributed by atoms with van der Waals surface area (Å²) in [5.41, 5.74) is 8.37. The maximum absolute atomic E-state index is 6.29. The first-order chi connectivity index (χ1) is 12.4. The van der Waals surface area contributed by atoms with Crippen molar-refractivity contribution in [3.8, 4) is 0 Å². The number of hydrogen-bond donors (Lipinski definition) is 3. The van der Waals surface area contributed by atoms with Gasteiger partial charge in [0.25, 0.3) is 5.17 Å². The molecule has 0 unspecified atom stereocenters. The predicted molar refractivity (Wildman–Crippen MR) is 112 cm³/mol. The third-order valence-electron chi connectivity index (χ3n) is 3.63. The molecule has 0 saturated carbocycles. The van der Waals surface area contributed by atoms with E-state index in [1.807, 2.05) is 37.9 Å². The van der Waals surface area contributed by atoms with Gasteiger partial charge in [-0.1, -0.05) is 11.6 Å². The summed E-state index contributed by atoms with van der Waals surface area (Å²) in [6, 6.07) is 2.05. The number of thioether (sulfide) groups is 2. The van der Waals surface area contributed by atoms with Gasteiger partial charge in [0.2, 0.25) is 0 Å². The molecule has 2 aromatic rings. The first-order valence-electron chi connectivity index (χ1n) is 8.21. The highest BCUT2D eigenvalue weighted by Crippen LogP contribution is 2.26. The summed E-state index contributed by atoms with van der Waals surface area (Å²) >= 11 is 9.60. The molecule has 2 rings (SSSR count). The Balaban J connectivity index is 0.00000364. The molecule has 6 nitrogen and oxygen atoms in total. The maximum atomic E-state index is 6.29. The number of halogens is 2. The first-order valence-corrected chi connectivity index (χ1v) is 10.6. The minimum absolute atomic E-state index is 0. The maximum Gasteiger partial charge on any atom is 0.299 e. The van der Waals surface area contributed by atoms with Crippen LogP contribution in [0.5, 0.6) is 0 Å². The molecule has 0 radical (unpaired) electrons. The normalized spacial score (nSPS) is 10.4. The summed E-state index contributed by atoms with van der Waals surface area (Å²) < 4.78 is 0. The lowest BCUT2D eigenvalue weighted by Gasteiger charge is -2.13. The van der Waals surface area contributed by atoms with E-state index in [2.05, 4.69) is 27.2 Å². The minimum atomic E-state index is 0. The van der Waals surface area contributed by atoms with Crippen LogP contribution in [0.1, 0.15) is 29.2 Å². The van der Waals surface area contributed by atoms with Crippen LogP contribution in [0, 0.1) is 20.8 Å². The molecule has 2 heterocycles. The number of pyridine rings is 1. The molecule has 0 saturated heterocycles. The zero-order valence-electron chi connectivity index (χ0n) is 15.6. The van der Waals surface area contributed by atoms with E-state index >= 15 is 0 Å². The molecule has 0 aliphatic rings. The van der Waals surface area contributed by atoms with Crippen molar-refractivity contribution in [1.29, 1.82) is 0 Å². The fourth-order valence-electron chi connectivity index (χ4n) is 2.31. The lowest BCUT2D eigenvalue weighted by atomic mass is 10.2. The fraction of sp³-hybridized carbons (Fsp3) is 0.412. The Kier molecular flexibility index (Phi) is 10.2. The SMILES string of the molecule is Cc1nc(C)c(Cl)c(NCc2nccc(SCCCSC(N)=[NH2+])c2C)n1.[Cl-]. The summed E-state index contributed by atoms with van der Waals surface area (Å²) in [6.07, 6.45) is 2.88. The van der Waals surface area contributed by atoms with Crippen molar-refractivity contribution in [1.82, 2.24) is 15.0 Å². The molecular weight excluding hydrogens is 423 g/mol. The van der Waals surface area contributed by atoms with Gasteiger partial charge in [-0.25, -0.2) is 9.97 Å². The third kappa shape index (κ3) is 7.37. The number of aromatic nitrogens is 3. The third-order valence-corrected chi connectivity index (χ3v) is 6.15. The average Bonchev–Trinajstić information content (AvgIpc) is 2.58. The Hall–Kier alpha value is -1.22. The summed E-state index contributed by atoms with van der Waals surface area (Å²) in [5.74, 6) is 3.27. The van der Waals surface area contributed by atoms with Gasteiger partial charge in [-0.2, -0.15) is 0 Å². The average molecular weight is 447 g/mol. The van der Waals surface area contributed by atoms with Gasteiger partial charge in [0.1, 0.15) is 16.7 Å². The van der Waals surface area contributed by atoms with E-state index in [0.717, 1.165) is 29.3 Å². The molecule has 0 bridgehead atoms. The largest absolute Gasteiger partial charge is 1.00 e. The number of amidine groups is 1. The minimum Gasteiger partial charge on any atom is -1.00 e. The van der Waals surface area contributed by atoms with E-state index in [9.17, 15) is 0 Å². The van der Waals surface area contributed by atoms with Crippen LogP contribution in [-0.2, 0) is 6.54 Å². The second kappa shape index (κ2) is 11.6. The summed E-state index contributed by atoms with van der Waals surface area (Å²) in [4.78, 5) is 14.4. The van der Waals surface area contributed by atoms with Crippen LogP contribution in [0.3, 0.4) is 0 Å². The summed E-state index contributed by atoms with van der Waals surface area (Å²) in [7, 11) is 0. The smallest absolute Gasteiger partial charge is 0.299 e. The molecule has 5 N–H and O–H groups in total. The lowest BCUT2D eigenvalue weighted by Crippen LogP contribution is -3.00. The van der Waals surface area contributed by atoms with Crippen LogP contribution < -0.4 is 28.9 Å². The Labute approximate surface area is 179 Å². The highest BCUT2D eigenvalue weighted by molar-refractivity contribution is 8.13. The molecule has 0 aliphatic carbocycles. The van der Waals surface area contributed by atoms with Crippen LogP contribution in [0.4, 0.5) is 5.82 Å². The standard InChI is InChI=1S/C17H23ClN6S2.ClH/c1-10-13(9-22-16-15(18)11(2)23-12(3)24-16)21-6-5-14(10)25-7-4-8-26-17(19)20;/h5-6H,4,7-9H2,1-3H3,(H3,19,20)(H,22,23,24);1H. The topological polar surface area (TPSA) is 102 Å². The monoisotopic (exact) mass is 446 g/mol. The lowest BCUT2D eigenvalue weighted by molar-refractivity contribution is -0.110. The van der Waals surface area contributed by atoms with E-state index in [-0.39, 0.29) is 12.4 Å². The van der Waals surface area contributed by atoms with Crippen molar-refractivity contribution >= 4 is 46.1 Å². The molecule has 27 heavy (non-hydrogen) atoms. The number of aryl methyl sites for hydroxylation is 2. The molecular formula is C17H24Cl2N6S2. The number of hydrogen-bond acceptors (Lipinski definition) is 6. The van der Waals surface area contributed by atoms with Crippen molar-refractivity contribution in [3.63, 3.8) is 0 Å². The molecule has 0 amide bonds. The van der Waals surface area contributed by atoms with Gasteiger partial charge in [0.05, 0.1) is 17.9 Å². The molecule has 2 aromatic heterocycles.